The molecule has 0 atom stereocenters. The number of hydrogen-bond acceptors (Lipinski definition) is 4. The molecule has 132 valence electrons. The van der Waals surface area contributed by atoms with E-state index < -0.39 is 4.92 Å². The van der Waals surface area contributed by atoms with Crippen LogP contribution >= 0.6 is 45.8 Å². The molecule has 0 bridgehead atoms. The lowest BCUT2D eigenvalue weighted by Crippen LogP contribution is -2.02. The van der Waals surface area contributed by atoms with Crippen LogP contribution in [0.25, 0.3) is 6.08 Å². The SMILES string of the molecule is CCOc1cc(/C=C\[N+](=O)[O-])cc(I)c1OCc1ccc(Cl)c(Cl)c1. The van der Waals surface area contributed by atoms with Crippen molar-refractivity contribution >= 4 is 51.9 Å². The van der Waals surface area contributed by atoms with Crippen molar-refractivity contribution in [1.29, 1.82) is 0 Å². The first-order valence-corrected chi connectivity index (χ1v) is 9.09. The highest BCUT2D eigenvalue weighted by atomic mass is 127. The van der Waals surface area contributed by atoms with Crippen LogP contribution in [0.5, 0.6) is 11.5 Å². The zero-order valence-electron chi connectivity index (χ0n) is 13.2. The van der Waals surface area contributed by atoms with Gasteiger partial charge in [0.1, 0.15) is 6.61 Å². The topological polar surface area (TPSA) is 61.6 Å². The third-order valence-electron chi connectivity index (χ3n) is 3.09. The molecule has 8 heteroatoms. The van der Waals surface area contributed by atoms with Crippen molar-refractivity contribution in [3.05, 3.63) is 71.4 Å². The molecule has 0 unspecified atom stereocenters. The summed E-state index contributed by atoms with van der Waals surface area (Å²) in [5, 5.41) is 11.4. The van der Waals surface area contributed by atoms with Gasteiger partial charge in [0.25, 0.3) is 0 Å². The molecular formula is C17H14Cl2INO4. The molecular weight excluding hydrogens is 480 g/mol. The highest BCUT2D eigenvalue weighted by Crippen LogP contribution is 2.35. The molecule has 0 aromatic heterocycles. The van der Waals surface area contributed by atoms with E-state index in [4.69, 9.17) is 32.7 Å². The van der Waals surface area contributed by atoms with Gasteiger partial charge in [-0.2, -0.15) is 0 Å². The molecule has 25 heavy (non-hydrogen) atoms. The minimum Gasteiger partial charge on any atom is -0.490 e. The summed E-state index contributed by atoms with van der Waals surface area (Å²) in [5.41, 5.74) is 1.52. The van der Waals surface area contributed by atoms with E-state index in [0.717, 1.165) is 15.3 Å². The summed E-state index contributed by atoms with van der Waals surface area (Å²) >= 11 is 14.0. The Bertz CT molecular complexity index is 811. The van der Waals surface area contributed by atoms with Gasteiger partial charge in [-0.3, -0.25) is 10.1 Å². The van der Waals surface area contributed by atoms with Gasteiger partial charge in [0, 0.05) is 6.08 Å². The predicted octanol–water partition coefficient (Wildman–Crippen LogP) is 5.82. The Morgan fingerprint density at radius 3 is 2.60 bits per heavy atom. The monoisotopic (exact) mass is 493 g/mol. The van der Waals surface area contributed by atoms with Gasteiger partial charge in [0.15, 0.2) is 11.5 Å². The van der Waals surface area contributed by atoms with Crippen molar-refractivity contribution < 1.29 is 14.4 Å². The molecule has 0 fully saturated rings. The molecule has 2 aromatic rings. The van der Waals surface area contributed by atoms with Crippen LogP contribution in [0.15, 0.2) is 36.5 Å². The van der Waals surface area contributed by atoms with Gasteiger partial charge in [0.05, 0.1) is 25.1 Å². The molecule has 0 aliphatic heterocycles. The van der Waals surface area contributed by atoms with Gasteiger partial charge in [-0.1, -0.05) is 29.3 Å². The quantitative estimate of drug-likeness (QED) is 0.277. The zero-order chi connectivity index (χ0) is 18.4. The molecule has 0 saturated carbocycles. The number of nitrogens with zero attached hydrogens (tertiary/aromatic N) is 1. The van der Waals surface area contributed by atoms with E-state index in [1.807, 2.05) is 13.0 Å². The van der Waals surface area contributed by atoms with E-state index in [1.54, 1.807) is 24.3 Å². The lowest BCUT2D eigenvalue weighted by atomic mass is 10.2. The molecule has 0 heterocycles. The average Bonchev–Trinajstić information content (AvgIpc) is 2.55. The maximum absolute atomic E-state index is 10.5. The van der Waals surface area contributed by atoms with Crippen LogP contribution in [0.3, 0.4) is 0 Å². The Hall–Kier alpha value is -1.51. The Morgan fingerprint density at radius 1 is 1.20 bits per heavy atom. The van der Waals surface area contributed by atoms with Gasteiger partial charge >= 0.3 is 0 Å². The van der Waals surface area contributed by atoms with Crippen molar-refractivity contribution in [1.82, 2.24) is 0 Å². The fraction of sp³-hybridized carbons (Fsp3) is 0.176. The van der Waals surface area contributed by atoms with E-state index in [9.17, 15) is 10.1 Å². The van der Waals surface area contributed by atoms with E-state index in [1.165, 1.54) is 6.08 Å². The van der Waals surface area contributed by atoms with Crippen LogP contribution in [0.4, 0.5) is 0 Å². The third kappa shape index (κ3) is 5.76. The van der Waals surface area contributed by atoms with Gasteiger partial charge in [-0.25, -0.2) is 0 Å². The number of nitro groups is 1. The first-order valence-electron chi connectivity index (χ1n) is 7.25. The van der Waals surface area contributed by atoms with Gasteiger partial charge in [-0.05, 0) is 64.9 Å². The minimum atomic E-state index is -0.512. The summed E-state index contributed by atoms with van der Waals surface area (Å²) in [7, 11) is 0. The second-order valence-electron chi connectivity index (χ2n) is 4.90. The van der Waals surface area contributed by atoms with Crippen molar-refractivity contribution in [2.24, 2.45) is 0 Å². The summed E-state index contributed by atoms with van der Waals surface area (Å²) in [6, 6.07) is 8.77. The van der Waals surface area contributed by atoms with Crippen molar-refractivity contribution in [2.75, 3.05) is 6.61 Å². The number of hydrogen-bond donors (Lipinski definition) is 0. The molecule has 0 radical (unpaired) electrons. The number of halogens is 3. The molecule has 0 saturated heterocycles. The Labute approximate surface area is 168 Å². The van der Waals surface area contributed by atoms with Gasteiger partial charge in [-0.15, -0.1) is 0 Å². The Balaban J connectivity index is 2.26. The largest absolute Gasteiger partial charge is 0.490 e. The summed E-state index contributed by atoms with van der Waals surface area (Å²) in [5.74, 6) is 1.10. The minimum absolute atomic E-state index is 0.289. The Morgan fingerprint density at radius 2 is 1.96 bits per heavy atom. The highest BCUT2D eigenvalue weighted by Gasteiger charge is 2.12. The average molecular weight is 494 g/mol. The van der Waals surface area contributed by atoms with Crippen LogP contribution in [0, 0.1) is 13.7 Å². The summed E-state index contributed by atoms with van der Waals surface area (Å²) < 4.78 is 12.3. The fourth-order valence-electron chi connectivity index (χ4n) is 2.02. The van der Waals surface area contributed by atoms with Crippen molar-refractivity contribution in [2.45, 2.75) is 13.5 Å². The molecule has 2 rings (SSSR count). The fourth-order valence-corrected chi connectivity index (χ4v) is 3.12. The van der Waals surface area contributed by atoms with Crippen molar-refractivity contribution in [3.63, 3.8) is 0 Å². The van der Waals surface area contributed by atoms with E-state index in [-0.39, 0.29) is 6.61 Å². The molecule has 0 aliphatic carbocycles. The lowest BCUT2D eigenvalue weighted by molar-refractivity contribution is -0.400. The second-order valence-corrected chi connectivity index (χ2v) is 6.88. The van der Waals surface area contributed by atoms with Crippen LogP contribution in [-0.2, 0) is 6.61 Å². The van der Waals surface area contributed by atoms with Crippen LogP contribution in [0.1, 0.15) is 18.1 Å². The molecule has 0 N–H and O–H groups in total. The molecule has 0 spiro atoms. The van der Waals surface area contributed by atoms with Crippen LogP contribution in [0.2, 0.25) is 10.0 Å². The highest BCUT2D eigenvalue weighted by molar-refractivity contribution is 14.1. The zero-order valence-corrected chi connectivity index (χ0v) is 16.8. The molecule has 5 nitrogen and oxygen atoms in total. The number of ether oxygens (including phenoxy) is 2. The normalized spacial score (nSPS) is 10.9. The third-order valence-corrected chi connectivity index (χ3v) is 4.63. The summed E-state index contributed by atoms with van der Waals surface area (Å²) in [6.07, 6.45) is 2.30. The molecule has 0 aliphatic rings. The molecule has 2 aromatic carbocycles. The second kappa shape index (κ2) is 9.26. The van der Waals surface area contributed by atoms with Gasteiger partial charge < -0.3 is 9.47 Å². The van der Waals surface area contributed by atoms with Gasteiger partial charge in [0.2, 0.25) is 6.20 Å². The molecule has 0 amide bonds. The predicted molar refractivity (Wildman–Crippen MR) is 107 cm³/mol. The smallest absolute Gasteiger partial charge is 0.235 e. The van der Waals surface area contributed by atoms with Crippen LogP contribution in [-0.4, -0.2) is 11.5 Å². The first-order chi connectivity index (χ1) is 11.9. The number of rotatable bonds is 7. The Kier molecular flexibility index (Phi) is 7.34. The first kappa shape index (κ1) is 19.8. The van der Waals surface area contributed by atoms with E-state index >= 15 is 0 Å². The summed E-state index contributed by atoms with van der Waals surface area (Å²) in [4.78, 5) is 9.97. The maximum atomic E-state index is 10.5. The standard InChI is InChI=1S/C17H14Cl2INO4/c1-2-24-16-9-11(5-6-21(22)23)8-15(20)17(16)25-10-12-3-4-13(18)14(19)7-12/h3-9H,2,10H2,1H3/b6-5-. The lowest BCUT2D eigenvalue weighted by Gasteiger charge is -2.15. The summed E-state index contributed by atoms with van der Waals surface area (Å²) in [6.45, 7) is 2.59. The van der Waals surface area contributed by atoms with Crippen molar-refractivity contribution in [3.8, 4) is 11.5 Å². The van der Waals surface area contributed by atoms with E-state index in [0.29, 0.717) is 33.7 Å². The number of benzene rings is 2. The van der Waals surface area contributed by atoms with E-state index in [2.05, 4.69) is 22.6 Å². The maximum Gasteiger partial charge on any atom is 0.235 e. The van der Waals surface area contributed by atoms with Crippen LogP contribution < -0.4 is 9.47 Å².